The molecular formula is C29H37NO10. The summed E-state index contributed by atoms with van der Waals surface area (Å²) in [5.74, 6) is -0.384. The van der Waals surface area contributed by atoms with Crippen LogP contribution >= 0.6 is 0 Å². The molecule has 0 aromatic heterocycles. The SMILES string of the molecule is COc1ccc2c3c1O[C@H]1C(OC(=O)C(C)OC(=O)[C@H](C)OC(=O)OC(C)(C)C)=CC[C@@]4(O)[C@@H](C2)N(C)CC[C@]314. The lowest BCUT2D eigenvalue weighted by atomic mass is 9.50. The molecule has 0 saturated carbocycles. The molecule has 5 rings (SSSR count). The molecule has 2 bridgehead atoms. The molecule has 1 aromatic rings. The fraction of sp³-hybridized carbons (Fsp3) is 0.621. The van der Waals surface area contributed by atoms with Crippen LogP contribution in [0.15, 0.2) is 24.0 Å². The average molecular weight is 560 g/mol. The normalized spacial score (nSPS) is 29.6. The number of carbonyl (C=O) groups excluding carboxylic acids is 3. The van der Waals surface area contributed by atoms with Gasteiger partial charge in [-0.25, -0.2) is 14.4 Å². The largest absolute Gasteiger partial charge is 0.509 e. The van der Waals surface area contributed by atoms with Crippen LogP contribution in [-0.2, 0) is 40.4 Å². The number of hydrogen-bond donors (Lipinski definition) is 1. The number of likely N-dealkylation sites (N-methyl/N-ethyl adjacent to an activating group) is 1. The highest BCUT2D eigenvalue weighted by Gasteiger charge is 2.72. The lowest BCUT2D eigenvalue weighted by Crippen LogP contribution is -2.74. The monoisotopic (exact) mass is 559 g/mol. The van der Waals surface area contributed by atoms with E-state index in [2.05, 4.69) is 4.90 Å². The highest BCUT2D eigenvalue weighted by Crippen LogP contribution is 2.65. The van der Waals surface area contributed by atoms with Crippen LogP contribution in [0.25, 0.3) is 0 Å². The molecule has 218 valence electrons. The van der Waals surface area contributed by atoms with Gasteiger partial charge in [0.2, 0.25) is 0 Å². The van der Waals surface area contributed by atoms with Crippen molar-refractivity contribution in [3.05, 3.63) is 35.1 Å². The molecule has 0 amide bonds. The molecule has 11 nitrogen and oxygen atoms in total. The minimum Gasteiger partial charge on any atom is -0.493 e. The second-order valence-electron chi connectivity index (χ2n) is 12.0. The van der Waals surface area contributed by atoms with Crippen LogP contribution in [-0.4, -0.2) is 84.4 Å². The first-order valence-corrected chi connectivity index (χ1v) is 13.5. The van der Waals surface area contributed by atoms with E-state index >= 15 is 0 Å². The number of benzene rings is 1. The van der Waals surface area contributed by atoms with E-state index in [-0.39, 0.29) is 18.2 Å². The molecule has 2 aliphatic heterocycles. The van der Waals surface area contributed by atoms with Crippen molar-refractivity contribution in [3.8, 4) is 11.5 Å². The van der Waals surface area contributed by atoms with E-state index in [9.17, 15) is 19.5 Å². The van der Waals surface area contributed by atoms with Crippen LogP contribution in [0.3, 0.4) is 0 Å². The Balaban J connectivity index is 1.35. The number of likely N-dealkylation sites (tertiary alicyclic amines) is 1. The fourth-order valence-corrected chi connectivity index (χ4v) is 6.57. The van der Waals surface area contributed by atoms with Crippen molar-refractivity contribution in [1.82, 2.24) is 4.90 Å². The fourth-order valence-electron chi connectivity index (χ4n) is 6.57. The van der Waals surface area contributed by atoms with Crippen molar-refractivity contribution >= 4 is 18.1 Å². The number of methoxy groups -OCH3 is 1. The Labute approximate surface area is 233 Å². The summed E-state index contributed by atoms with van der Waals surface area (Å²) in [5, 5.41) is 12.3. The topological polar surface area (TPSA) is 130 Å². The third-order valence-electron chi connectivity index (χ3n) is 8.40. The Bertz CT molecular complexity index is 1270. The summed E-state index contributed by atoms with van der Waals surface area (Å²) < 4.78 is 33.1. The maximum Gasteiger partial charge on any atom is 0.509 e. The molecule has 1 N–H and O–H groups in total. The molecule has 1 fully saturated rings. The van der Waals surface area contributed by atoms with E-state index in [0.717, 1.165) is 17.7 Å². The van der Waals surface area contributed by atoms with Gasteiger partial charge in [-0.3, -0.25) is 0 Å². The number of nitrogens with zero attached hydrogens (tertiary/aromatic N) is 1. The zero-order valence-corrected chi connectivity index (χ0v) is 23.9. The Hall–Kier alpha value is -3.31. The lowest BCUT2D eigenvalue weighted by molar-refractivity contribution is -0.178. The summed E-state index contributed by atoms with van der Waals surface area (Å²) in [6.45, 7) is 8.42. The molecule has 4 aliphatic rings. The van der Waals surface area contributed by atoms with Gasteiger partial charge in [0.15, 0.2) is 29.8 Å². The van der Waals surface area contributed by atoms with Gasteiger partial charge in [0.1, 0.15) is 11.4 Å². The Morgan fingerprint density at radius 3 is 2.50 bits per heavy atom. The quantitative estimate of drug-likeness (QED) is 0.408. The third kappa shape index (κ3) is 4.30. The molecule has 0 radical (unpaired) electrons. The Morgan fingerprint density at radius 2 is 1.82 bits per heavy atom. The van der Waals surface area contributed by atoms with Crippen molar-refractivity contribution in [2.45, 2.75) is 94.9 Å². The number of rotatable bonds is 6. The van der Waals surface area contributed by atoms with Crippen LogP contribution < -0.4 is 9.47 Å². The van der Waals surface area contributed by atoms with E-state index < -0.39 is 53.0 Å². The summed E-state index contributed by atoms with van der Waals surface area (Å²) >= 11 is 0. The molecule has 1 spiro atoms. The molecule has 1 unspecified atom stereocenters. The van der Waals surface area contributed by atoms with Crippen molar-refractivity contribution in [3.63, 3.8) is 0 Å². The second-order valence-corrected chi connectivity index (χ2v) is 12.0. The van der Waals surface area contributed by atoms with Crippen LogP contribution in [0.5, 0.6) is 11.5 Å². The van der Waals surface area contributed by atoms with E-state index in [1.54, 1.807) is 34.0 Å². The average Bonchev–Trinajstić information content (AvgIpc) is 3.22. The van der Waals surface area contributed by atoms with E-state index in [4.69, 9.17) is 28.4 Å². The molecule has 2 aliphatic carbocycles. The Kier molecular flexibility index (Phi) is 6.81. The molecular weight excluding hydrogens is 522 g/mol. The first-order chi connectivity index (χ1) is 18.7. The zero-order valence-electron chi connectivity index (χ0n) is 23.9. The van der Waals surface area contributed by atoms with Crippen LogP contribution in [0, 0.1) is 0 Å². The van der Waals surface area contributed by atoms with Gasteiger partial charge in [-0.05, 0) is 78.8 Å². The number of esters is 2. The first-order valence-electron chi connectivity index (χ1n) is 13.5. The zero-order chi connectivity index (χ0) is 29.2. The number of aliphatic hydroxyl groups is 1. The molecule has 1 saturated heterocycles. The van der Waals surface area contributed by atoms with Gasteiger partial charge in [0, 0.05) is 18.0 Å². The lowest BCUT2D eigenvalue weighted by Gasteiger charge is -2.61. The van der Waals surface area contributed by atoms with Crippen molar-refractivity contribution in [1.29, 1.82) is 0 Å². The van der Waals surface area contributed by atoms with E-state index in [1.165, 1.54) is 13.8 Å². The summed E-state index contributed by atoms with van der Waals surface area (Å²) in [6.07, 6.45) is -1.19. The number of carbonyl (C=O) groups is 3. The van der Waals surface area contributed by atoms with Crippen molar-refractivity contribution in [2.24, 2.45) is 0 Å². The maximum atomic E-state index is 13.1. The smallest absolute Gasteiger partial charge is 0.493 e. The van der Waals surface area contributed by atoms with Gasteiger partial charge in [0.05, 0.1) is 18.1 Å². The second kappa shape index (κ2) is 9.66. The highest BCUT2D eigenvalue weighted by molar-refractivity contribution is 5.82. The highest BCUT2D eigenvalue weighted by atomic mass is 16.7. The van der Waals surface area contributed by atoms with Crippen LogP contribution in [0.1, 0.15) is 58.6 Å². The molecule has 1 aromatic carbocycles. The van der Waals surface area contributed by atoms with Gasteiger partial charge in [-0.2, -0.15) is 0 Å². The third-order valence-corrected chi connectivity index (χ3v) is 8.40. The predicted molar refractivity (Wildman–Crippen MR) is 140 cm³/mol. The van der Waals surface area contributed by atoms with E-state index in [0.29, 0.717) is 24.3 Å². The van der Waals surface area contributed by atoms with Crippen molar-refractivity contribution in [2.75, 3.05) is 20.7 Å². The Morgan fingerprint density at radius 1 is 1.12 bits per heavy atom. The molecule has 11 heteroatoms. The molecule has 40 heavy (non-hydrogen) atoms. The van der Waals surface area contributed by atoms with Gasteiger partial charge >= 0.3 is 18.1 Å². The van der Waals surface area contributed by atoms with Crippen LogP contribution in [0.2, 0.25) is 0 Å². The number of piperidine rings is 1. The van der Waals surface area contributed by atoms with Gasteiger partial charge in [0.25, 0.3) is 0 Å². The molecule has 2 heterocycles. The summed E-state index contributed by atoms with van der Waals surface area (Å²) in [7, 11) is 3.58. The minimum absolute atomic E-state index is 0.140. The number of ether oxygens (including phenoxy) is 6. The summed E-state index contributed by atoms with van der Waals surface area (Å²) in [4.78, 5) is 39.7. The van der Waals surface area contributed by atoms with Crippen molar-refractivity contribution < 1.29 is 47.9 Å². The van der Waals surface area contributed by atoms with Gasteiger partial charge < -0.3 is 38.4 Å². The number of hydrogen-bond acceptors (Lipinski definition) is 11. The predicted octanol–water partition coefficient (Wildman–Crippen LogP) is 2.79. The maximum absolute atomic E-state index is 13.1. The molecule has 6 atom stereocenters. The van der Waals surface area contributed by atoms with E-state index in [1.807, 2.05) is 19.2 Å². The van der Waals surface area contributed by atoms with Gasteiger partial charge in [-0.15, -0.1) is 0 Å². The minimum atomic E-state index is -1.30. The standard InChI is InChI=1S/C29H37NO10/c1-15(36-24(31)16(2)37-26(33)40-27(3,4)5)25(32)38-19-10-11-29(34)20-14-17-8-9-18(35-7)22-21(17)28(29,23(19)39-22)12-13-30(20)6/h8-10,15-16,20,23,34H,11-14H2,1-7H3/t15?,16-,20+,23-,28-,29+/m0/s1. The van der Waals surface area contributed by atoms with Crippen LogP contribution in [0.4, 0.5) is 4.79 Å². The summed E-state index contributed by atoms with van der Waals surface area (Å²) in [6, 6.07) is 3.74. The first kappa shape index (κ1) is 28.2. The summed E-state index contributed by atoms with van der Waals surface area (Å²) in [5.41, 5.74) is -0.776. The van der Waals surface area contributed by atoms with Gasteiger partial charge in [-0.1, -0.05) is 6.07 Å².